The Hall–Kier alpha value is -3.48. The number of esters is 1. The van der Waals surface area contributed by atoms with Crippen molar-refractivity contribution in [2.45, 2.75) is 0 Å². The van der Waals surface area contributed by atoms with Crippen LogP contribution in [0.1, 0.15) is 10.4 Å². The number of carbonyl (C=O) groups excluding carboxylic acids is 1. The van der Waals surface area contributed by atoms with Gasteiger partial charge in [-0.3, -0.25) is 14.7 Å². The zero-order chi connectivity index (χ0) is 17.1. The first kappa shape index (κ1) is 15.4. The van der Waals surface area contributed by atoms with Gasteiger partial charge in [-0.15, -0.1) is 0 Å². The third kappa shape index (κ3) is 2.87. The molecule has 7 heteroatoms. The summed E-state index contributed by atoms with van der Waals surface area (Å²) in [5, 5.41) is 11.0. The summed E-state index contributed by atoms with van der Waals surface area (Å²) in [6, 6.07) is 13.2. The molecule has 7 nitrogen and oxygen atoms in total. The number of imidazole rings is 1. The normalized spacial score (nSPS) is 10.4. The first-order valence-electron chi connectivity index (χ1n) is 7.06. The summed E-state index contributed by atoms with van der Waals surface area (Å²) in [6.45, 7) is 0. The topological polar surface area (TPSA) is 87.3 Å². The average Bonchev–Trinajstić information content (AvgIpc) is 3.11. The molecular weight excluding hydrogens is 310 g/mol. The Bertz CT molecular complexity index is 917. The molecule has 0 aliphatic heterocycles. The van der Waals surface area contributed by atoms with Gasteiger partial charge in [-0.05, 0) is 18.2 Å². The lowest BCUT2D eigenvalue weighted by molar-refractivity contribution is -0.384. The van der Waals surface area contributed by atoms with Gasteiger partial charge in [-0.2, -0.15) is 0 Å². The van der Waals surface area contributed by atoms with E-state index in [2.05, 4.69) is 4.98 Å². The summed E-state index contributed by atoms with van der Waals surface area (Å²) < 4.78 is 6.48. The van der Waals surface area contributed by atoms with Gasteiger partial charge in [0.25, 0.3) is 5.69 Å². The molecule has 3 aromatic rings. The minimum absolute atomic E-state index is 0.00330. The molecule has 0 amide bonds. The molecule has 0 aliphatic carbocycles. The number of hydrogen-bond donors (Lipinski definition) is 0. The minimum Gasteiger partial charge on any atom is -0.465 e. The second kappa shape index (κ2) is 6.33. The molecule has 0 saturated heterocycles. The highest BCUT2D eigenvalue weighted by molar-refractivity contribution is 5.90. The van der Waals surface area contributed by atoms with Crippen LogP contribution in [0.5, 0.6) is 0 Å². The first-order valence-corrected chi connectivity index (χ1v) is 7.06. The zero-order valence-corrected chi connectivity index (χ0v) is 12.7. The minimum atomic E-state index is -0.442. The van der Waals surface area contributed by atoms with Crippen LogP contribution in [0.4, 0.5) is 5.69 Å². The highest BCUT2D eigenvalue weighted by atomic mass is 16.6. The molecule has 3 rings (SSSR count). The van der Waals surface area contributed by atoms with Crippen molar-refractivity contribution in [1.29, 1.82) is 0 Å². The second-order valence-electron chi connectivity index (χ2n) is 5.00. The third-order valence-corrected chi connectivity index (χ3v) is 3.54. The molecule has 0 aliphatic rings. The Balaban J connectivity index is 2.07. The second-order valence-corrected chi connectivity index (χ2v) is 5.00. The van der Waals surface area contributed by atoms with Gasteiger partial charge in [0.1, 0.15) is 0 Å². The fourth-order valence-corrected chi connectivity index (χ4v) is 2.39. The summed E-state index contributed by atoms with van der Waals surface area (Å²) in [7, 11) is 1.32. The van der Waals surface area contributed by atoms with Gasteiger partial charge in [0, 0.05) is 23.4 Å². The number of carbonyl (C=O) groups is 1. The Kier molecular flexibility index (Phi) is 4.07. The smallest absolute Gasteiger partial charge is 0.337 e. The molecule has 0 radical (unpaired) electrons. The van der Waals surface area contributed by atoms with Crippen LogP contribution in [-0.2, 0) is 4.74 Å². The Morgan fingerprint density at radius 1 is 1.21 bits per heavy atom. The Morgan fingerprint density at radius 3 is 2.75 bits per heavy atom. The number of non-ortho nitro benzene ring substituents is 1. The lowest BCUT2D eigenvalue weighted by Crippen LogP contribution is -2.03. The third-order valence-electron chi connectivity index (χ3n) is 3.54. The van der Waals surface area contributed by atoms with E-state index in [0.29, 0.717) is 22.5 Å². The van der Waals surface area contributed by atoms with Crippen LogP contribution in [0.3, 0.4) is 0 Å². The Labute approximate surface area is 137 Å². The molecule has 0 saturated carbocycles. The van der Waals surface area contributed by atoms with Gasteiger partial charge >= 0.3 is 5.97 Å². The summed E-state index contributed by atoms with van der Waals surface area (Å²) in [5.41, 5.74) is 2.46. The largest absolute Gasteiger partial charge is 0.465 e. The van der Waals surface area contributed by atoms with Crippen molar-refractivity contribution in [3.8, 4) is 16.9 Å². The van der Waals surface area contributed by atoms with Gasteiger partial charge in [0.2, 0.25) is 0 Å². The predicted molar refractivity (Wildman–Crippen MR) is 87.0 cm³/mol. The number of nitro groups is 1. The number of benzene rings is 2. The van der Waals surface area contributed by atoms with Crippen molar-refractivity contribution in [2.24, 2.45) is 0 Å². The van der Waals surface area contributed by atoms with Crippen LogP contribution in [0.15, 0.2) is 61.1 Å². The highest BCUT2D eigenvalue weighted by Crippen LogP contribution is 2.26. The monoisotopic (exact) mass is 323 g/mol. The Morgan fingerprint density at radius 2 is 2.00 bits per heavy atom. The molecule has 0 fully saturated rings. The number of nitro benzene ring substituents is 1. The lowest BCUT2D eigenvalue weighted by Gasteiger charge is -2.09. The van der Waals surface area contributed by atoms with Gasteiger partial charge in [0.05, 0.1) is 35.8 Å². The van der Waals surface area contributed by atoms with E-state index < -0.39 is 10.9 Å². The summed E-state index contributed by atoms with van der Waals surface area (Å²) in [5.74, 6) is -0.436. The summed E-state index contributed by atoms with van der Waals surface area (Å²) in [6.07, 6.45) is 3.20. The molecule has 0 spiro atoms. The van der Waals surface area contributed by atoms with Gasteiger partial charge in [-0.25, -0.2) is 9.78 Å². The van der Waals surface area contributed by atoms with E-state index in [1.165, 1.54) is 19.2 Å². The van der Waals surface area contributed by atoms with Crippen LogP contribution >= 0.6 is 0 Å². The predicted octanol–water partition coefficient (Wildman–Crippen LogP) is 3.23. The van der Waals surface area contributed by atoms with Crippen LogP contribution in [0, 0.1) is 10.1 Å². The molecule has 24 heavy (non-hydrogen) atoms. The zero-order valence-electron chi connectivity index (χ0n) is 12.7. The fraction of sp³-hybridized carbons (Fsp3) is 0.0588. The number of rotatable bonds is 4. The van der Waals surface area contributed by atoms with E-state index in [9.17, 15) is 14.9 Å². The summed E-state index contributed by atoms with van der Waals surface area (Å²) >= 11 is 0. The first-order chi connectivity index (χ1) is 11.6. The maximum Gasteiger partial charge on any atom is 0.337 e. The number of nitrogens with zero attached hydrogens (tertiary/aromatic N) is 3. The van der Waals surface area contributed by atoms with Crippen molar-refractivity contribution in [2.75, 3.05) is 7.11 Å². The number of aromatic nitrogens is 2. The molecule has 2 aromatic carbocycles. The van der Waals surface area contributed by atoms with Gasteiger partial charge in [0.15, 0.2) is 0 Å². The van der Waals surface area contributed by atoms with Gasteiger partial charge < -0.3 is 4.74 Å². The van der Waals surface area contributed by atoms with Crippen LogP contribution < -0.4 is 0 Å². The molecule has 0 N–H and O–H groups in total. The van der Waals surface area contributed by atoms with E-state index in [0.717, 1.165) is 0 Å². The van der Waals surface area contributed by atoms with Crippen LogP contribution in [0.2, 0.25) is 0 Å². The van der Waals surface area contributed by atoms with Crippen LogP contribution in [0.25, 0.3) is 16.9 Å². The molecule has 1 heterocycles. The van der Waals surface area contributed by atoms with E-state index in [1.54, 1.807) is 47.4 Å². The van der Waals surface area contributed by atoms with Crippen molar-refractivity contribution >= 4 is 11.7 Å². The number of methoxy groups -OCH3 is 1. The van der Waals surface area contributed by atoms with Crippen molar-refractivity contribution < 1.29 is 14.5 Å². The van der Waals surface area contributed by atoms with Crippen molar-refractivity contribution in [1.82, 2.24) is 9.55 Å². The van der Waals surface area contributed by atoms with Crippen molar-refractivity contribution in [3.05, 3.63) is 76.7 Å². The lowest BCUT2D eigenvalue weighted by atomic mass is 10.1. The van der Waals surface area contributed by atoms with E-state index in [1.807, 2.05) is 6.07 Å². The molecule has 120 valence electrons. The molecule has 1 aromatic heterocycles. The molecule has 0 atom stereocenters. The van der Waals surface area contributed by atoms with Crippen LogP contribution in [-0.4, -0.2) is 27.6 Å². The van der Waals surface area contributed by atoms with E-state index in [-0.39, 0.29) is 5.69 Å². The maximum absolute atomic E-state index is 11.7. The number of ether oxygens (including phenoxy) is 1. The summed E-state index contributed by atoms with van der Waals surface area (Å²) in [4.78, 5) is 26.3. The molecular formula is C17H13N3O4. The van der Waals surface area contributed by atoms with E-state index >= 15 is 0 Å². The average molecular weight is 323 g/mol. The standard InChI is InChI=1S/C17H13N3O4/c1-24-17(21)13-5-3-6-14(9-13)19-11-18-10-16(19)12-4-2-7-15(8-12)20(22)23/h2-11H,1H3. The van der Waals surface area contributed by atoms with Gasteiger partial charge in [-0.1, -0.05) is 18.2 Å². The fourth-order valence-electron chi connectivity index (χ4n) is 2.39. The quantitative estimate of drug-likeness (QED) is 0.418. The number of hydrogen-bond acceptors (Lipinski definition) is 5. The molecule has 0 unspecified atom stereocenters. The van der Waals surface area contributed by atoms with Crippen molar-refractivity contribution in [3.63, 3.8) is 0 Å². The highest BCUT2D eigenvalue weighted by Gasteiger charge is 2.13. The van der Waals surface area contributed by atoms with E-state index in [4.69, 9.17) is 4.74 Å². The molecule has 0 bridgehead atoms. The maximum atomic E-state index is 11.7. The SMILES string of the molecule is COC(=O)c1cccc(-n2cncc2-c2cccc([N+](=O)[O-])c2)c1.